The molecule has 0 radical (unpaired) electrons. The molecule has 0 spiro atoms. The number of rotatable bonds is 4. The molecule has 3 rings (SSSR count). The number of hydrogen-bond donors (Lipinski definition) is 1. The number of aryl methyl sites for hydroxylation is 1. The Morgan fingerprint density at radius 2 is 2.14 bits per heavy atom. The minimum absolute atomic E-state index is 0.535. The first-order valence-corrected chi connectivity index (χ1v) is 8.49. The van der Waals surface area contributed by atoms with Crippen LogP contribution in [0.1, 0.15) is 37.3 Å². The summed E-state index contributed by atoms with van der Waals surface area (Å²) in [5.74, 6) is 1.26. The third-order valence-electron chi connectivity index (χ3n) is 4.34. The van der Waals surface area contributed by atoms with E-state index < -0.39 is 6.10 Å². The number of aliphatic hydroxyl groups excluding tert-OH is 1. The normalized spacial score (nSPS) is 20.5. The summed E-state index contributed by atoms with van der Waals surface area (Å²) >= 11 is 3.42. The number of likely N-dealkylation sites (tertiary alicyclic amines) is 1. The second-order valence-corrected chi connectivity index (χ2v) is 6.88. The quantitative estimate of drug-likeness (QED) is 0.892. The first-order valence-electron chi connectivity index (χ1n) is 7.70. The van der Waals surface area contributed by atoms with E-state index in [0.29, 0.717) is 29.9 Å². The number of aromatic nitrogens is 1. The fourth-order valence-electron chi connectivity index (χ4n) is 3.01. The van der Waals surface area contributed by atoms with Crippen molar-refractivity contribution in [2.45, 2.75) is 38.8 Å². The standard InChI is InChI=1S/C17H21BrN2O2/c1-11-4-3-9-20(11)10-15(21)16-12(2)22-17(19-16)13-5-7-14(18)8-6-13/h5-8,11,15,21H,3-4,9-10H2,1-2H3. The largest absolute Gasteiger partial charge is 0.441 e. The molecule has 1 aromatic heterocycles. The smallest absolute Gasteiger partial charge is 0.226 e. The van der Waals surface area contributed by atoms with E-state index >= 15 is 0 Å². The molecule has 4 nitrogen and oxygen atoms in total. The molecule has 1 N–H and O–H groups in total. The van der Waals surface area contributed by atoms with Crippen LogP contribution in [0.2, 0.25) is 0 Å². The molecule has 1 fully saturated rings. The maximum absolute atomic E-state index is 10.5. The van der Waals surface area contributed by atoms with E-state index in [4.69, 9.17) is 4.42 Å². The Kier molecular flexibility index (Phi) is 4.66. The van der Waals surface area contributed by atoms with Gasteiger partial charge in [0, 0.05) is 22.6 Å². The summed E-state index contributed by atoms with van der Waals surface area (Å²) in [6.45, 7) is 5.74. The molecule has 1 aliphatic heterocycles. The molecule has 22 heavy (non-hydrogen) atoms. The molecule has 1 aliphatic rings. The topological polar surface area (TPSA) is 49.5 Å². The van der Waals surface area contributed by atoms with E-state index in [9.17, 15) is 5.11 Å². The molecule has 2 aromatic rings. The number of oxazole rings is 1. The van der Waals surface area contributed by atoms with E-state index in [1.807, 2.05) is 31.2 Å². The lowest BCUT2D eigenvalue weighted by Gasteiger charge is -2.23. The van der Waals surface area contributed by atoms with E-state index in [0.717, 1.165) is 16.6 Å². The summed E-state index contributed by atoms with van der Waals surface area (Å²) in [6.07, 6.45) is 1.80. The predicted molar refractivity (Wildman–Crippen MR) is 89.6 cm³/mol. The highest BCUT2D eigenvalue weighted by molar-refractivity contribution is 9.10. The molecule has 0 bridgehead atoms. The van der Waals surface area contributed by atoms with E-state index in [1.54, 1.807) is 0 Å². The van der Waals surface area contributed by atoms with Gasteiger partial charge in [-0.05, 0) is 57.5 Å². The van der Waals surface area contributed by atoms with Crippen LogP contribution in [0, 0.1) is 6.92 Å². The molecule has 2 atom stereocenters. The predicted octanol–water partition coefficient (Wildman–Crippen LogP) is 3.93. The molecule has 2 unspecified atom stereocenters. The van der Waals surface area contributed by atoms with Gasteiger partial charge in [0.15, 0.2) is 0 Å². The fourth-order valence-corrected chi connectivity index (χ4v) is 3.27. The lowest BCUT2D eigenvalue weighted by atomic mass is 10.2. The molecular formula is C17H21BrN2O2. The average Bonchev–Trinajstić information content (AvgIpc) is 3.06. The van der Waals surface area contributed by atoms with Crippen LogP contribution in [0.5, 0.6) is 0 Å². The number of benzene rings is 1. The Morgan fingerprint density at radius 3 is 2.77 bits per heavy atom. The Labute approximate surface area is 139 Å². The molecular weight excluding hydrogens is 344 g/mol. The molecule has 5 heteroatoms. The molecule has 0 amide bonds. The molecule has 1 saturated heterocycles. The second kappa shape index (κ2) is 6.52. The lowest BCUT2D eigenvalue weighted by Crippen LogP contribution is -2.31. The number of halogens is 1. The zero-order valence-corrected chi connectivity index (χ0v) is 14.5. The van der Waals surface area contributed by atoms with Crippen LogP contribution in [-0.2, 0) is 0 Å². The van der Waals surface area contributed by atoms with Crippen LogP contribution < -0.4 is 0 Å². The Hall–Kier alpha value is -1.17. The third-order valence-corrected chi connectivity index (χ3v) is 4.87. The molecule has 0 aliphatic carbocycles. The van der Waals surface area contributed by atoms with E-state index in [1.165, 1.54) is 12.8 Å². The van der Waals surface area contributed by atoms with Crippen molar-refractivity contribution in [1.82, 2.24) is 9.88 Å². The third kappa shape index (κ3) is 3.26. The molecule has 0 saturated carbocycles. The van der Waals surface area contributed by atoms with Crippen LogP contribution in [0.3, 0.4) is 0 Å². The van der Waals surface area contributed by atoms with E-state index in [2.05, 4.69) is 32.7 Å². The van der Waals surface area contributed by atoms with Gasteiger partial charge in [-0.1, -0.05) is 15.9 Å². The average molecular weight is 365 g/mol. The lowest BCUT2D eigenvalue weighted by molar-refractivity contribution is 0.106. The Bertz CT molecular complexity index is 639. The number of hydrogen-bond acceptors (Lipinski definition) is 4. The summed E-state index contributed by atoms with van der Waals surface area (Å²) in [5, 5.41) is 10.5. The maximum atomic E-state index is 10.5. The number of nitrogens with zero attached hydrogens (tertiary/aromatic N) is 2. The van der Waals surface area contributed by atoms with Gasteiger partial charge in [-0.25, -0.2) is 4.98 Å². The highest BCUT2D eigenvalue weighted by atomic mass is 79.9. The zero-order chi connectivity index (χ0) is 15.7. The fraction of sp³-hybridized carbons (Fsp3) is 0.471. The van der Waals surface area contributed by atoms with Crippen molar-refractivity contribution in [2.75, 3.05) is 13.1 Å². The first kappa shape index (κ1) is 15.7. The zero-order valence-electron chi connectivity index (χ0n) is 12.9. The van der Waals surface area contributed by atoms with Crippen molar-refractivity contribution in [3.05, 3.63) is 40.2 Å². The summed E-state index contributed by atoms with van der Waals surface area (Å²) in [7, 11) is 0. The maximum Gasteiger partial charge on any atom is 0.226 e. The monoisotopic (exact) mass is 364 g/mol. The minimum Gasteiger partial charge on any atom is -0.441 e. The van der Waals surface area contributed by atoms with Crippen LogP contribution >= 0.6 is 15.9 Å². The first-order chi connectivity index (χ1) is 10.5. The minimum atomic E-state index is -0.603. The van der Waals surface area contributed by atoms with Crippen LogP contribution in [-0.4, -0.2) is 34.1 Å². The van der Waals surface area contributed by atoms with Gasteiger partial charge in [0.1, 0.15) is 17.6 Å². The van der Waals surface area contributed by atoms with Crippen LogP contribution in [0.15, 0.2) is 33.2 Å². The van der Waals surface area contributed by atoms with Crippen molar-refractivity contribution in [3.63, 3.8) is 0 Å². The van der Waals surface area contributed by atoms with Crippen molar-refractivity contribution < 1.29 is 9.52 Å². The van der Waals surface area contributed by atoms with Crippen molar-refractivity contribution in [1.29, 1.82) is 0 Å². The molecule has 2 heterocycles. The number of aliphatic hydroxyl groups is 1. The number of β-amino-alcohol motifs (C(OH)–C–C–N with tert-alkyl or cyclic N) is 1. The SMILES string of the molecule is Cc1oc(-c2ccc(Br)cc2)nc1C(O)CN1CCCC1C. The van der Waals surface area contributed by atoms with Gasteiger partial charge in [-0.15, -0.1) is 0 Å². The van der Waals surface area contributed by atoms with Gasteiger partial charge in [-0.2, -0.15) is 0 Å². The Balaban J connectivity index is 1.78. The highest BCUT2D eigenvalue weighted by Crippen LogP contribution is 2.28. The Morgan fingerprint density at radius 1 is 1.41 bits per heavy atom. The molecule has 118 valence electrons. The van der Waals surface area contributed by atoms with Gasteiger partial charge in [0.05, 0.1) is 0 Å². The van der Waals surface area contributed by atoms with Gasteiger partial charge < -0.3 is 9.52 Å². The van der Waals surface area contributed by atoms with Crippen LogP contribution in [0.4, 0.5) is 0 Å². The van der Waals surface area contributed by atoms with Crippen molar-refractivity contribution >= 4 is 15.9 Å². The van der Waals surface area contributed by atoms with Gasteiger partial charge in [0.2, 0.25) is 5.89 Å². The van der Waals surface area contributed by atoms with Gasteiger partial charge >= 0.3 is 0 Å². The van der Waals surface area contributed by atoms with Crippen molar-refractivity contribution in [2.24, 2.45) is 0 Å². The highest BCUT2D eigenvalue weighted by Gasteiger charge is 2.26. The summed E-state index contributed by atoms with van der Waals surface area (Å²) in [6, 6.07) is 8.35. The van der Waals surface area contributed by atoms with Crippen molar-refractivity contribution in [3.8, 4) is 11.5 Å². The van der Waals surface area contributed by atoms with Crippen LogP contribution in [0.25, 0.3) is 11.5 Å². The van der Waals surface area contributed by atoms with Gasteiger partial charge in [0.25, 0.3) is 0 Å². The molecule has 1 aromatic carbocycles. The van der Waals surface area contributed by atoms with E-state index in [-0.39, 0.29) is 0 Å². The second-order valence-electron chi connectivity index (χ2n) is 5.97. The summed E-state index contributed by atoms with van der Waals surface area (Å²) in [5.41, 5.74) is 1.57. The van der Waals surface area contributed by atoms with Gasteiger partial charge in [-0.3, -0.25) is 4.90 Å². The summed E-state index contributed by atoms with van der Waals surface area (Å²) < 4.78 is 6.76. The summed E-state index contributed by atoms with van der Waals surface area (Å²) in [4.78, 5) is 6.84.